The Bertz CT molecular complexity index is 192. The molecule has 3 nitrogen and oxygen atoms in total. The largest absolute Gasteiger partial charge is 0.464 e. The number of rotatable bonds is 8. The molecular formula is C13H27NO2. The van der Waals surface area contributed by atoms with Crippen LogP contribution in [0, 0.1) is 11.8 Å². The Kier molecular flexibility index (Phi) is 8.26. The number of carbonyl (C=O) groups is 1. The fourth-order valence-electron chi connectivity index (χ4n) is 1.47. The van der Waals surface area contributed by atoms with Crippen LogP contribution < -0.4 is 5.73 Å². The van der Waals surface area contributed by atoms with Gasteiger partial charge in [0, 0.05) is 0 Å². The summed E-state index contributed by atoms with van der Waals surface area (Å²) in [5.41, 5.74) is 5.71. The third kappa shape index (κ3) is 6.11. The minimum Gasteiger partial charge on any atom is -0.464 e. The van der Waals surface area contributed by atoms with E-state index in [4.69, 9.17) is 10.5 Å². The predicted molar refractivity (Wildman–Crippen MR) is 67.1 cm³/mol. The average molecular weight is 229 g/mol. The van der Waals surface area contributed by atoms with E-state index in [1.54, 1.807) is 0 Å². The van der Waals surface area contributed by atoms with Crippen molar-refractivity contribution in [3.8, 4) is 0 Å². The minimum atomic E-state index is -0.483. The van der Waals surface area contributed by atoms with Crippen LogP contribution in [0.5, 0.6) is 0 Å². The standard InChI is InChI=1S/C13H27NO2/c1-5-7-8-11(6-2)9-16-13(15)12(14)10(3)4/h10-12H,5-9,14H2,1-4H3/t11?,12-/m0/s1. The fraction of sp³-hybridized carbons (Fsp3) is 0.923. The second kappa shape index (κ2) is 8.57. The molecule has 0 aliphatic rings. The molecule has 0 aromatic rings. The van der Waals surface area contributed by atoms with Crippen LogP contribution in [0.2, 0.25) is 0 Å². The summed E-state index contributed by atoms with van der Waals surface area (Å²) in [6, 6.07) is -0.483. The first-order valence-corrected chi connectivity index (χ1v) is 6.45. The zero-order valence-corrected chi connectivity index (χ0v) is 11.2. The molecule has 0 aromatic carbocycles. The van der Waals surface area contributed by atoms with E-state index in [1.165, 1.54) is 12.8 Å². The van der Waals surface area contributed by atoms with E-state index in [0.29, 0.717) is 12.5 Å². The van der Waals surface area contributed by atoms with Gasteiger partial charge in [0.1, 0.15) is 6.04 Å². The van der Waals surface area contributed by atoms with Crippen molar-refractivity contribution in [1.29, 1.82) is 0 Å². The summed E-state index contributed by atoms with van der Waals surface area (Å²) >= 11 is 0. The van der Waals surface area contributed by atoms with Gasteiger partial charge in [-0.25, -0.2) is 0 Å². The monoisotopic (exact) mass is 229 g/mol. The van der Waals surface area contributed by atoms with E-state index in [0.717, 1.165) is 12.8 Å². The van der Waals surface area contributed by atoms with Crippen molar-refractivity contribution in [2.75, 3.05) is 6.61 Å². The lowest BCUT2D eigenvalue weighted by Crippen LogP contribution is -2.37. The maximum Gasteiger partial charge on any atom is 0.323 e. The topological polar surface area (TPSA) is 52.3 Å². The van der Waals surface area contributed by atoms with Gasteiger partial charge in [0.25, 0.3) is 0 Å². The Hall–Kier alpha value is -0.570. The molecule has 0 saturated heterocycles. The van der Waals surface area contributed by atoms with Crippen LogP contribution in [0.3, 0.4) is 0 Å². The Labute approximate surface area is 99.7 Å². The van der Waals surface area contributed by atoms with E-state index in [1.807, 2.05) is 13.8 Å². The third-order valence-corrected chi connectivity index (χ3v) is 2.99. The van der Waals surface area contributed by atoms with Crippen LogP contribution in [0.4, 0.5) is 0 Å². The van der Waals surface area contributed by atoms with Crippen LogP contribution in [0.15, 0.2) is 0 Å². The Balaban J connectivity index is 3.87. The third-order valence-electron chi connectivity index (χ3n) is 2.99. The summed E-state index contributed by atoms with van der Waals surface area (Å²) in [5, 5.41) is 0. The summed E-state index contributed by atoms with van der Waals surface area (Å²) in [5.74, 6) is 0.372. The molecule has 1 unspecified atom stereocenters. The molecule has 3 heteroatoms. The maximum atomic E-state index is 11.5. The number of hydrogen-bond acceptors (Lipinski definition) is 3. The van der Waals surface area contributed by atoms with Crippen molar-refractivity contribution >= 4 is 5.97 Å². The van der Waals surface area contributed by atoms with Crippen LogP contribution >= 0.6 is 0 Å². The molecule has 16 heavy (non-hydrogen) atoms. The molecule has 0 aliphatic carbocycles. The smallest absolute Gasteiger partial charge is 0.323 e. The molecule has 2 N–H and O–H groups in total. The van der Waals surface area contributed by atoms with Gasteiger partial charge in [0.05, 0.1) is 6.61 Å². The second-order valence-corrected chi connectivity index (χ2v) is 4.82. The number of carbonyl (C=O) groups excluding carboxylic acids is 1. The van der Waals surface area contributed by atoms with E-state index < -0.39 is 6.04 Å². The summed E-state index contributed by atoms with van der Waals surface area (Å²) in [7, 11) is 0. The lowest BCUT2D eigenvalue weighted by Gasteiger charge is -2.18. The second-order valence-electron chi connectivity index (χ2n) is 4.82. The van der Waals surface area contributed by atoms with Gasteiger partial charge < -0.3 is 10.5 Å². The van der Waals surface area contributed by atoms with Gasteiger partial charge in [0.15, 0.2) is 0 Å². The van der Waals surface area contributed by atoms with Crippen LogP contribution in [0.1, 0.15) is 53.4 Å². The first kappa shape index (κ1) is 15.4. The van der Waals surface area contributed by atoms with Crippen molar-refractivity contribution in [3.05, 3.63) is 0 Å². The van der Waals surface area contributed by atoms with Crippen molar-refractivity contribution in [3.63, 3.8) is 0 Å². The highest BCUT2D eigenvalue weighted by Gasteiger charge is 2.19. The van der Waals surface area contributed by atoms with E-state index in [9.17, 15) is 4.79 Å². The lowest BCUT2D eigenvalue weighted by atomic mass is 10.0. The summed E-state index contributed by atoms with van der Waals surface area (Å²) in [6.45, 7) is 8.69. The van der Waals surface area contributed by atoms with Crippen molar-refractivity contribution in [2.45, 2.75) is 59.4 Å². The van der Waals surface area contributed by atoms with Crippen molar-refractivity contribution < 1.29 is 9.53 Å². The van der Waals surface area contributed by atoms with Gasteiger partial charge in [-0.3, -0.25) is 4.79 Å². The molecule has 0 fully saturated rings. The van der Waals surface area contributed by atoms with Gasteiger partial charge >= 0.3 is 5.97 Å². The average Bonchev–Trinajstić information content (AvgIpc) is 2.27. The van der Waals surface area contributed by atoms with Crippen LogP contribution in [-0.2, 0) is 9.53 Å². The number of unbranched alkanes of at least 4 members (excludes halogenated alkanes) is 1. The molecule has 2 atom stereocenters. The molecule has 0 aliphatic heterocycles. The predicted octanol–water partition coefficient (Wildman–Crippen LogP) is 2.73. The minimum absolute atomic E-state index is 0.142. The lowest BCUT2D eigenvalue weighted by molar-refractivity contribution is -0.147. The van der Waals surface area contributed by atoms with E-state index in [2.05, 4.69) is 13.8 Å². The zero-order valence-electron chi connectivity index (χ0n) is 11.2. The maximum absolute atomic E-state index is 11.5. The highest BCUT2D eigenvalue weighted by molar-refractivity contribution is 5.75. The molecule has 0 spiro atoms. The Morgan fingerprint density at radius 1 is 1.31 bits per heavy atom. The molecule has 0 amide bonds. The van der Waals surface area contributed by atoms with Crippen LogP contribution in [0.25, 0.3) is 0 Å². The summed E-state index contributed by atoms with van der Waals surface area (Å²) in [6.07, 6.45) is 4.59. The van der Waals surface area contributed by atoms with Gasteiger partial charge in [-0.2, -0.15) is 0 Å². The van der Waals surface area contributed by atoms with Crippen molar-refractivity contribution in [2.24, 2.45) is 17.6 Å². The van der Waals surface area contributed by atoms with Crippen molar-refractivity contribution in [1.82, 2.24) is 0 Å². The molecule has 0 bridgehead atoms. The van der Waals surface area contributed by atoms with Crippen LogP contribution in [-0.4, -0.2) is 18.6 Å². The number of hydrogen-bond donors (Lipinski definition) is 1. The van der Waals surface area contributed by atoms with Gasteiger partial charge in [0.2, 0.25) is 0 Å². The molecule has 0 heterocycles. The summed E-state index contributed by atoms with van der Waals surface area (Å²) < 4.78 is 5.25. The fourth-order valence-corrected chi connectivity index (χ4v) is 1.47. The Morgan fingerprint density at radius 2 is 1.94 bits per heavy atom. The molecule has 0 rings (SSSR count). The number of esters is 1. The summed E-state index contributed by atoms with van der Waals surface area (Å²) in [4.78, 5) is 11.5. The number of nitrogens with two attached hydrogens (primary N) is 1. The molecule has 0 radical (unpaired) electrons. The highest BCUT2D eigenvalue weighted by Crippen LogP contribution is 2.13. The van der Waals surface area contributed by atoms with E-state index >= 15 is 0 Å². The quantitative estimate of drug-likeness (QED) is 0.651. The first-order valence-electron chi connectivity index (χ1n) is 6.45. The first-order chi connectivity index (χ1) is 7.52. The SMILES string of the molecule is CCCCC(CC)COC(=O)[C@@H](N)C(C)C. The van der Waals surface area contributed by atoms with Gasteiger partial charge in [-0.1, -0.05) is 47.0 Å². The molecule has 0 aromatic heterocycles. The van der Waals surface area contributed by atoms with Gasteiger partial charge in [-0.15, -0.1) is 0 Å². The Morgan fingerprint density at radius 3 is 2.38 bits per heavy atom. The number of ether oxygens (including phenoxy) is 1. The normalized spacial score (nSPS) is 14.9. The molecule has 0 saturated carbocycles. The molecule has 96 valence electrons. The zero-order chi connectivity index (χ0) is 12.6. The van der Waals surface area contributed by atoms with Gasteiger partial charge in [-0.05, 0) is 18.3 Å². The molecular weight excluding hydrogens is 202 g/mol. The van der Waals surface area contributed by atoms with E-state index in [-0.39, 0.29) is 11.9 Å². The highest BCUT2D eigenvalue weighted by atomic mass is 16.5.